The number of rotatable bonds is 7. The van der Waals surface area contributed by atoms with Crippen LogP contribution in [0.5, 0.6) is 0 Å². The van der Waals surface area contributed by atoms with Gasteiger partial charge in [0.05, 0.1) is 0 Å². The molecule has 0 unspecified atom stereocenters. The second kappa shape index (κ2) is 10.2. The molecule has 1 amide bonds. The maximum atomic E-state index is 12.6. The molecule has 3 atom stereocenters. The average Bonchev–Trinajstić information content (AvgIpc) is 2.66. The first kappa shape index (κ1) is 21.7. The molecule has 1 N–H and O–H groups in total. The largest absolute Gasteiger partial charge is 0.348 e. The Balaban J connectivity index is 1.64. The van der Waals surface area contributed by atoms with Crippen molar-refractivity contribution in [3.63, 3.8) is 0 Å². The van der Waals surface area contributed by atoms with Gasteiger partial charge in [0.15, 0.2) is 0 Å². The zero-order chi connectivity index (χ0) is 20.8. The predicted molar refractivity (Wildman–Crippen MR) is 120 cm³/mol. The van der Waals surface area contributed by atoms with E-state index in [0.717, 1.165) is 42.6 Å². The smallest absolute Gasteiger partial charge is 0.251 e. The van der Waals surface area contributed by atoms with E-state index < -0.39 is 10.8 Å². The third-order valence-electron chi connectivity index (χ3n) is 5.46. The van der Waals surface area contributed by atoms with Crippen LogP contribution in [0.1, 0.15) is 47.3 Å². The summed E-state index contributed by atoms with van der Waals surface area (Å²) in [5.74, 6) is 1.84. The van der Waals surface area contributed by atoms with Gasteiger partial charge in [0.1, 0.15) is 0 Å². The number of hydrogen-bond acceptors (Lipinski definition) is 3. The van der Waals surface area contributed by atoms with Crippen molar-refractivity contribution in [3.8, 4) is 0 Å². The highest BCUT2D eigenvalue weighted by Crippen LogP contribution is 2.23. The maximum Gasteiger partial charge on any atom is 0.251 e. The van der Waals surface area contributed by atoms with Crippen LogP contribution in [0, 0.1) is 11.8 Å². The van der Waals surface area contributed by atoms with Crippen molar-refractivity contribution in [3.05, 3.63) is 70.8 Å². The molecular weight excluding hydrogens is 380 g/mol. The molecule has 2 aromatic rings. The maximum absolute atomic E-state index is 12.6. The number of piperidine rings is 1. The molecule has 0 aliphatic carbocycles. The standard InChI is InChI=1S/C24H32N2O2S/c1-18-11-19(2)15-26(14-18)16-23-9-5-4-8-22(23)13-25-24(27)21-10-6-7-20(12-21)17-29(3)28/h4-10,12,18-19H,11,13-17H2,1-3H3,(H,25,27)/t18-,19+,29-/m0/s1. The van der Waals surface area contributed by atoms with Gasteiger partial charge in [-0.15, -0.1) is 0 Å². The third kappa shape index (κ3) is 6.51. The van der Waals surface area contributed by atoms with E-state index in [4.69, 9.17) is 0 Å². The normalized spacial score (nSPS) is 20.9. The monoisotopic (exact) mass is 412 g/mol. The summed E-state index contributed by atoms with van der Waals surface area (Å²) in [5, 5.41) is 3.06. The van der Waals surface area contributed by atoms with Gasteiger partial charge < -0.3 is 5.32 Å². The van der Waals surface area contributed by atoms with Crippen molar-refractivity contribution in [2.45, 2.75) is 39.1 Å². The second-order valence-electron chi connectivity index (χ2n) is 8.51. The lowest BCUT2D eigenvalue weighted by Gasteiger charge is -2.35. The van der Waals surface area contributed by atoms with Gasteiger partial charge in [-0.25, -0.2) is 0 Å². The number of carbonyl (C=O) groups excluding carboxylic acids is 1. The first-order valence-corrected chi connectivity index (χ1v) is 12.1. The highest BCUT2D eigenvalue weighted by Gasteiger charge is 2.22. The molecular formula is C24H32N2O2S. The number of nitrogens with one attached hydrogen (secondary N) is 1. The summed E-state index contributed by atoms with van der Waals surface area (Å²) in [4.78, 5) is 15.2. The summed E-state index contributed by atoms with van der Waals surface area (Å²) in [6.07, 6.45) is 2.98. The van der Waals surface area contributed by atoms with Crippen LogP contribution in [-0.4, -0.2) is 34.4 Å². The Kier molecular flexibility index (Phi) is 7.62. The highest BCUT2D eigenvalue weighted by molar-refractivity contribution is 7.83. The van der Waals surface area contributed by atoms with E-state index in [-0.39, 0.29) is 5.91 Å². The van der Waals surface area contributed by atoms with Crippen LogP contribution in [0.15, 0.2) is 48.5 Å². The van der Waals surface area contributed by atoms with Crippen LogP contribution in [0.25, 0.3) is 0 Å². The summed E-state index contributed by atoms with van der Waals surface area (Å²) >= 11 is 0. The number of likely N-dealkylation sites (tertiary alicyclic amines) is 1. The molecule has 2 aromatic carbocycles. The van der Waals surface area contributed by atoms with E-state index in [9.17, 15) is 9.00 Å². The van der Waals surface area contributed by atoms with E-state index in [2.05, 4.69) is 42.3 Å². The molecule has 1 fully saturated rings. The minimum atomic E-state index is -0.920. The van der Waals surface area contributed by atoms with Gasteiger partial charge in [-0.2, -0.15) is 0 Å². The molecule has 0 saturated carbocycles. The lowest BCUT2D eigenvalue weighted by molar-refractivity contribution is 0.0950. The molecule has 4 nitrogen and oxygen atoms in total. The summed E-state index contributed by atoms with van der Waals surface area (Å²) in [5.41, 5.74) is 3.98. The van der Waals surface area contributed by atoms with Crippen molar-refractivity contribution in [2.24, 2.45) is 11.8 Å². The Labute approximate surface area is 177 Å². The molecule has 0 aromatic heterocycles. The zero-order valence-corrected chi connectivity index (χ0v) is 18.5. The van der Waals surface area contributed by atoms with E-state index in [0.29, 0.717) is 17.9 Å². The van der Waals surface area contributed by atoms with Crippen molar-refractivity contribution in [2.75, 3.05) is 19.3 Å². The quantitative estimate of drug-likeness (QED) is 0.749. The summed E-state index contributed by atoms with van der Waals surface area (Å²) in [6, 6.07) is 15.8. The second-order valence-corrected chi connectivity index (χ2v) is 9.94. The first-order chi connectivity index (χ1) is 13.9. The van der Waals surface area contributed by atoms with E-state index in [1.54, 1.807) is 12.3 Å². The minimum absolute atomic E-state index is 0.0937. The predicted octanol–water partition coefficient (Wildman–Crippen LogP) is 3.97. The van der Waals surface area contributed by atoms with E-state index >= 15 is 0 Å². The number of benzene rings is 2. The van der Waals surface area contributed by atoms with Crippen LogP contribution >= 0.6 is 0 Å². The van der Waals surface area contributed by atoms with Gasteiger partial charge in [0.25, 0.3) is 5.91 Å². The molecule has 0 bridgehead atoms. The Morgan fingerprint density at radius 1 is 1.07 bits per heavy atom. The molecule has 3 rings (SSSR count). The number of hydrogen-bond donors (Lipinski definition) is 1. The van der Waals surface area contributed by atoms with Crippen LogP contribution in [-0.2, 0) is 29.6 Å². The molecule has 1 heterocycles. The molecule has 29 heavy (non-hydrogen) atoms. The van der Waals surface area contributed by atoms with E-state index in [1.807, 2.05) is 24.3 Å². The molecule has 5 heteroatoms. The lowest BCUT2D eigenvalue weighted by atomic mass is 9.91. The van der Waals surface area contributed by atoms with Gasteiger partial charge in [-0.1, -0.05) is 50.2 Å². The first-order valence-electron chi connectivity index (χ1n) is 10.4. The summed E-state index contributed by atoms with van der Waals surface area (Å²) in [6.45, 7) is 8.37. The molecule has 1 aliphatic rings. The topological polar surface area (TPSA) is 49.4 Å². The molecule has 1 saturated heterocycles. The number of carbonyl (C=O) groups is 1. The number of nitrogens with zero attached hydrogens (tertiary/aromatic N) is 1. The zero-order valence-electron chi connectivity index (χ0n) is 17.7. The Bertz CT molecular complexity index is 857. The van der Waals surface area contributed by atoms with Gasteiger partial charge in [-0.05, 0) is 47.1 Å². The highest BCUT2D eigenvalue weighted by atomic mass is 32.2. The van der Waals surface area contributed by atoms with Crippen LogP contribution in [0.4, 0.5) is 0 Å². The van der Waals surface area contributed by atoms with Gasteiger partial charge in [0.2, 0.25) is 0 Å². The molecule has 1 aliphatic heterocycles. The van der Waals surface area contributed by atoms with Crippen LogP contribution in [0.2, 0.25) is 0 Å². The summed E-state index contributed by atoms with van der Waals surface area (Å²) in [7, 11) is -0.920. The third-order valence-corrected chi connectivity index (χ3v) is 6.20. The SMILES string of the molecule is C[C@@H]1C[C@H](C)CN(Cc2ccccc2CNC(=O)c2cccc(C[S@](C)=O)c2)C1. The fourth-order valence-corrected chi connectivity index (χ4v) is 5.01. The number of amides is 1. The molecule has 156 valence electrons. The van der Waals surface area contributed by atoms with Crippen molar-refractivity contribution >= 4 is 16.7 Å². The fraction of sp³-hybridized carbons (Fsp3) is 0.458. The summed E-state index contributed by atoms with van der Waals surface area (Å²) < 4.78 is 11.5. The fourth-order valence-electron chi connectivity index (χ4n) is 4.36. The molecule has 0 spiro atoms. The van der Waals surface area contributed by atoms with Gasteiger partial charge in [0, 0.05) is 54.6 Å². The van der Waals surface area contributed by atoms with Crippen LogP contribution < -0.4 is 5.32 Å². The lowest BCUT2D eigenvalue weighted by Crippen LogP contribution is -2.38. The Hall–Kier alpha value is -1.98. The Morgan fingerprint density at radius 2 is 1.76 bits per heavy atom. The van der Waals surface area contributed by atoms with Crippen LogP contribution in [0.3, 0.4) is 0 Å². The minimum Gasteiger partial charge on any atom is -0.348 e. The van der Waals surface area contributed by atoms with Gasteiger partial charge in [-0.3, -0.25) is 13.9 Å². The van der Waals surface area contributed by atoms with E-state index in [1.165, 1.54) is 12.0 Å². The van der Waals surface area contributed by atoms with Crippen molar-refractivity contribution in [1.29, 1.82) is 0 Å². The molecule has 0 radical (unpaired) electrons. The Morgan fingerprint density at radius 3 is 2.45 bits per heavy atom. The van der Waals surface area contributed by atoms with Crippen molar-refractivity contribution in [1.82, 2.24) is 10.2 Å². The van der Waals surface area contributed by atoms with Crippen molar-refractivity contribution < 1.29 is 9.00 Å². The van der Waals surface area contributed by atoms with Gasteiger partial charge >= 0.3 is 0 Å². The average molecular weight is 413 g/mol.